The first-order valence-electron chi connectivity index (χ1n) is 14.8. The second-order valence-corrected chi connectivity index (χ2v) is 14.1. The van der Waals surface area contributed by atoms with E-state index in [4.69, 9.17) is 16.6 Å². The van der Waals surface area contributed by atoms with E-state index in [9.17, 15) is 15.0 Å². The van der Waals surface area contributed by atoms with Gasteiger partial charge in [-0.05, 0) is 104 Å². The molecule has 1 heterocycles. The van der Waals surface area contributed by atoms with Gasteiger partial charge < -0.3 is 10.2 Å². The van der Waals surface area contributed by atoms with Gasteiger partial charge in [0.2, 0.25) is 0 Å². The van der Waals surface area contributed by atoms with Crippen LogP contribution in [-0.2, 0) is 16.8 Å². The fraction of sp³-hybridized carbons (Fsp3) is 0.389. The number of carboxylic acids is 1. The molecule has 2 aliphatic rings. The average molecular weight is 602 g/mol. The lowest BCUT2D eigenvalue weighted by atomic mass is 9.86. The molecule has 2 aliphatic carbocycles. The number of hydrogen-bond acceptors (Lipinski definition) is 4. The van der Waals surface area contributed by atoms with Crippen LogP contribution in [0.5, 0.6) is 0 Å². The maximum atomic E-state index is 11.5. The molecule has 1 aromatic heterocycles. The van der Waals surface area contributed by atoms with Gasteiger partial charge in [0.05, 0.1) is 23.2 Å². The number of aryl methyl sites for hydroxylation is 1. The van der Waals surface area contributed by atoms with Crippen LogP contribution >= 0.6 is 23.4 Å². The lowest BCUT2D eigenvalue weighted by molar-refractivity contribution is -0.138. The Morgan fingerprint density at radius 1 is 1.17 bits per heavy atom. The number of allylic oxidation sites excluding steroid dienone is 4. The number of rotatable bonds is 12. The largest absolute Gasteiger partial charge is 0.481 e. The second-order valence-electron chi connectivity index (χ2n) is 12.5. The van der Waals surface area contributed by atoms with Crippen LogP contribution in [0.1, 0.15) is 69.7 Å². The molecule has 4 nitrogen and oxygen atoms in total. The molecular weight excluding hydrogens is 562 g/mol. The summed E-state index contributed by atoms with van der Waals surface area (Å²) in [7, 11) is 0. The minimum atomic E-state index is -0.904. The molecule has 0 spiro atoms. The number of carboxylic acid groups (broad SMARTS) is 1. The van der Waals surface area contributed by atoms with Gasteiger partial charge in [0, 0.05) is 21.4 Å². The monoisotopic (exact) mass is 601 g/mol. The van der Waals surface area contributed by atoms with Crippen molar-refractivity contribution in [3.63, 3.8) is 0 Å². The Morgan fingerprint density at radius 3 is 2.67 bits per heavy atom. The van der Waals surface area contributed by atoms with Crippen LogP contribution in [0.4, 0.5) is 0 Å². The van der Waals surface area contributed by atoms with E-state index in [0.717, 1.165) is 60.0 Å². The summed E-state index contributed by atoms with van der Waals surface area (Å²) in [5.41, 5.74) is 5.52. The Hall–Kier alpha value is -2.86. The second kappa shape index (κ2) is 12.8. The Morgan fingerprint density at radius 2 is 1.93 bits per heavy atom. The SMILES string of the molecule is CC1CC=C([C@@H](CCc2ccccc2C(C)(C)O)SCC2(CC(=O)O)CC2)C=C1/C=C/c1ccc2ccc(Cl)cc2n1. The number of carbonyl (C=O) groups is 1. The average Bonchev–Trinajstić information content (AvgIpc) is 3.70. The van der Waals surface area contributed by atoms with Gasteiger partial charge in [-0.3, -0.25) is 4.79 Å². The fourth-order valence-corrected chi connectivity index (χ4v) is 7.53. The van der Waals surface area contributed by atoms with E-state index in [2.05, 4.69) is 43.4 Å². The van der Waals surface area contributed by atoms with Crippen molar-refractivity contribution >= 4 is 46.3 Å². The van der Waals surface area contributed by atoms with Crippen molar-refractivity contribution in [1.82, 2.24) is 4.98 Å². The van der Waals surface area contributed by atoms with E-state index in [1.165, 1.54) is 16.7 Å². The van der Waals surface area contributed by atoms with Gasteiger partial charge in [-0.25, -0.2) is 4.98 Å². The molecule has 6 heteroatoms. The van der Waals surface area contributed by atoms with Gasteiger partial charge >= 0.3 is 5.97 Å². The molecular formula is C36H40ClNO3S. The Balaban J connectivity index is 1.38. The smallest absolute Gasteiger partial charge is 0.303 e. The van der Waals surface area contributed by atoms with Crippen LogP contribution in [0.15, 0.2) is 84.0 Å². The third-order valence-electron chi connectivity index (χ3n) is 8.53. The van der Waals surface area contributed by atoms with Crippen LogP contribution in [0.3, 0.4) is 0 Å². The first kappa shape index (κ1) is 30.6. The van der Waals surface area contributed by atoms with Crippen molar-refractivity contribution in [2.75, 3.05) is 5.75 Å². The first-order valence-corrected chi connectivity index (χ1v) is 16.2. The molecule has 0 radical (unpaired) electrons. The van der Waals surface area contributed by atoms with E-state index < -0.39 is 11.6 Å². The fourth-order valence-electron chi connectivity index (χ4n) is 5.77. The summed E-state index contributed by atoms with van der Waals surface area (Å²) in [4.78, 5) is 16.3. The molecule has 1 saturated carbocycles. The zero-order valence-corrected chi connectivity index (χ0v) is 26.2. The van der Waals surface area contributed by atoms with E-state index in [1.807, 2.05) is 68.1 Å². The summed E-state index contributed by atoms with van der Waals surface area (Å²) >= 11 is 8.10. The molecule has 5 rings (SSSR count). The highest BCUT2D eigenvalue weighted by molar-refractivity contribution is 8.00. The highest BCUT2D eigenvalue weighted by atomic mass is 35.5. The molecule has 0 aliphatic heterocycles. The van der Waals surface area contributed by atoms with Crippen molar-refractivity contribution in [1.29, 1.82) is 0 Å². The van der Waals surface area contributed by atoms with Crippen molar-refractivity contribution in [3.8, 4) is 0 Å². The number of thioether (sulfide) groups is 1. The van der Waals surface area contributed by atoms with E-state index in [0.29, 0.717) is 10.9 Å². The number of fused-ring (bicyclic) bond motifs is 1. The van der Waals surface area contributed by atoms with Gasteiger partial charge in [-0.2, -0.15) is 11.8 Å². The molecule has 3 aromatic rings. The van der Waals surface area contributed by atoms with Gasteiger partial charge in [0.1, 0.15) is 0 Å². The summed E-state index contributed by atoms with van der Waals surface area (Å²) in [6.07, 6.45) is 13.9. The number of nitrogens with zero attached hydrogens (tertiary/aromatic N) is 1. The van der Waals surface area contributed by atoms with E-state index in [-0.39, 0.29) is 17.1 Å². The number of aliphatic carboxylic acids is 1. The van der Waals surface area contributed by atoms with Crippen LogP contribution in [-0.4, -0.2) is 32.2 Å². The minimum absolute atomic E-state index is 0.0701. The summed E-state index contributed by atoms with van der Waals surface area (Å²) in [5.74, 6) is 0.543. The highest BCUT2D eigenvalue weighted by Gasteiger charge is 2.44. The highest BCUT2D eigenvalue weighted by Crippen LogP contribution is 2.52. The number of benzene rings is 2. The lowest BCUT2D eigenvalue weighted by Gasteiger charge is -2.27. The maximum absolute atomic E-state index is 11.5. The summed E-state index contributed by atoms with van der Waals surface area (Å²) in [5, 5.41) is 22.2. The number of aliphatic hydroxyl groups is 1. The predicted octanol–water partition coefficient (Wildman–Crippen LogP) is 9.01. The third kappa shape index (κ3) is 7.75. The maximum Gasteiger partial charge on any atom is 0.303 e. The molecule has 2 atom stereocenters. The van der Waals surface area contributed by atoms with Crippen LogP contribution in [0, 0.1) is 11.3 Å². The summed E-state index contributed by atoms with van der Waals surface area (Å²) < 4.78 is 0. The van der Waals surface area contributed by atoms with E-state index in [1.54, 1.807) is 0 Å². The van der Waals surface area contributed by atoms with Crippen LogP contribution in [0.2, 0.25) is 5.02 Å². The normalized spacial score (nSPS) is 19.0. The topological polar surface area (TPSA) is 70.4 Å². The molecule has 0 amide bonds. The standard InChI is InChI=1S/C36H40ClNO3S/c1-24-8-9-28(20-27(24)12-16-30-15-11-26-10-14-29(37)21-32(26)38-30)33(42-23-36(18-19-36)22-34(39)40)17-13-25-6-4-5-7-31(25)35(2,3)41/h4-7,9-12,14-16,20-21,24,33,41H,8,13,17-19,22-23H2,1-3H3,(H,39,40)/b16-12+/t24?,33-/m1/s1. The van der Waals surface area contributed by atoms with Gasteiger partial charge in [-0.15, -0.1) is 0 Å². The number of halogens is 1. The van der Waals surface area contributed by atoms with Crippen molar-refractivity contribution in [3.05, 3.63) is 106 Å². The number of hydrogen-bond donors (Lipinski definition) is 2. The number of aromatic nitrogens is 1. The van der Waals surface area contributed by atoms with Gasteiger partial charge in [-0.1, -0.05) is 73.2 Å². The molecule has 2 N–H and O–H groups in total. The molecule has 2 aromatic carbocycles. The molecule has 0 saturated heterocycles. The Kier molecular flexibility index (Phi) is 9.31. The third-order valence-corrected chi connectivity index (χ3v) is 10.5. The summed E-state index contributed by atoms with van der Waals surface area (Å²) in [6, 6.07) is 18.0. The lowest BCUT2D eigenvalue weighted by Crippen LogP contribution is -2.20. The van der Waals surface area contributed by atoms with Crippen molar-refractivity contribution < 1.29 is 15.0 Å². The Labute approximate surface area is 258 Å². The van der Waals surface area contributed by atoms with E-state index >= 15 is 0 Å². The van der Waals surface area contributed by atoms with Crippen molar-refractivity contribution in [2.24, 2.45) is 11.3 Å². The number of pyridine rings is 1. The molecule has 1 fully saturated rings. The van der Waals surface area contributed by atoms with Crippen LogP contribution in [0.25, 0.3) is 17.0 Å². The molecule has 220 valence electrons. The van der Waals surface area contributed by atoms with Gasteiger partial charge in [0.15, 0.2) is 0 Å². The predicted molar refractivity (Wildman–Crippen MR) is 176 cm³/mol. The quantitative estimate of drug-likeness (QED) is 0.217. The first-order chi connectivity index (χ1) is 20.0. The molecule has 1 unspecified atom stereocenters. The molecule has 42 heavy (non-hydrogen) atoms. The zero-order chi connectivity index (χ0) is 29.9. The van der Waals surface area contributed by atoms with Crippen LogP contribution < -0.4 is 0 Å². The van der Waals surface area contributed by atoms with Gasteiger partial charge in [0.25, 0.3) is 0 Å². The minimum Gasteiger partial charge on any atom is -0.481 e. The van der Waals surface area contributed by atoms with Crippen molar-refractivity contribution in [2.45, 2.75) is 70.1 Å². The molecule has 0 bridgehead atoms. The zero-order valence-electron chi connectivity index (χ0n) is 24.6. The summed E-state index contributed by atoms with van der Waals surface area (Å²) in [6.45, 7) is 5.93. The Bertz CT molecular complexity index is 1550.